The van der Waals surface area contributed by atoms with Crippen LogP contribution >= 0.6 is 11.3 Å². The van der Waals surface area contributed by atoms with E-state index in [0.29, 0.717) is 52.7 Å². The molecule has 3 aromatic rings. The van der Waals surface area contributed by atoms with Gasteiger partial charge >= 0.3 is 0 Å². The lowest BCUT2D eigenvalue weighted by atomic mass is 10.0. The van der Waals surface area contributed by atoms with E-state index in [2.05, 4.69) is 52.9 Å². The molecular formula is C27H33F2N5OS. The van der Waals surface area contributed by atoms with Crippen molar-refractivity contribution >= 4 is 33.5 Å². The molecule has 1 aromatic heterocycles. The van der Waals surface area contributed by atoms with E-state index in [1.54, 1.807) is 0 Å². The van der Waals surface area contributed by atoms with Gasteiger partial charge in [0.05, 0.1) is 23.6 Å². The van der Waals surface area contributed by atoms with E-state index in [-0.39, 0.29) is 17.7 Å². The van der Waals surface area contributed by atoms with E-state index in [9.17, 15) is 4.39 Å². The highest BCUT2D eigenvalue weighted by Crippen LogP contribution is 2.40. The first kappa shape index (κ1) is 24.8. The van der Waals surface area contributed by atoms with Gasteiger partial charge in [0.1, 0.15) is 12.4 Å². The maximum absolute atomic E-state index is 15.0. The minimum atomic E-state index is -0.386. The Morgan fingerprint density at radius 1 is 1.06 bits per heavy atom. The average Bonchev–Trinajstić information content (AvgIpc) is 3.32. The van der Waals surface area contributed by atoms with Gasteiger partial charge in [0.2, 0.25) is 0 Å². The van der Waals surface area contributed by atoms with Crippen LogP contribution in [0.1, 0.15) is 26.7 Å². The van der Waals surface area contributed by atoms with E-state index >= 15 is 4.39 Å². The first-order valence-electron chi connectivity index (χ1n) is 12.5. The molecule has 5 rings (SSSR count). The normalized spacial score (nSPS) is 16.4. The molecule has 1 N–H and O–H groups in total. The van der Waals surface area contributed by atoms with Crippen molar-refractivity contribution in [3.05, 3.63) is 47.3 Å². The summed E-state index contributed by atoms with van der Waals surface area (Å²) in [6, 6.07) is 9.42. The van der Waals surface area contributed by atoms with Crippen molar-refractivity contribution < 1.29 is 13.5 Å². The molecule has 0 aliphatic carbocycles. The third-order valence-corrected chi connectivity index (χ3v) is 7.83. The quantitative estimate of drug-likeness (QED) is 0.438. The smallest absolute Gasteiger partial charge is 0.187 e. The van der Waals surface area contributed by atoms with Crippen LogP contribution in [0.2, 0.25) is 0 Å². The molecule has 192 valence electrons. The number of nitrogens with zero attached hydrogens (tertiary/aromatic N) is 4. The second-order valence-corrected chi connectivity index (χ2v) is 10.8. The van der Waals surface area contributed by atoms with Gasteiger partial charge in [0, 0.05) is 41.8 Å². The molecule has 0 spiro atoms. The summed E-state index contributed by atoms with van der Waals surface area (Å²) in [7, 11) is 4.20. The largest absolute Gasteiger partial charge is 0.486 e. The molecule has 2 aliphatic heterocycles. The van der Waals surface area contributed by atoms with Gasteiger partial charge in [-0.25, -0.2) is 13.8 Å². The predicted molar refractivity (Wildman–Crippen MR) is 144 cm³/mol. The van der Waals surface area contributed by atoms with Gasteiger partial charge in [-0.15, -0.1) is 11.3 Å². The van der Waals surface area contributed by atoms with E-state index in [4.69, 9.17) is 4.74 Å². The summed E-state index contributed by atoms with van der Waals surface area (Å²) in [5.74, 6) is -0.331. The van der Waals surface area contributed by atoms with Gasteiger partial charge in [-0.2, -0.15) is 0 Å². The zero-order chi connectivity index (χ0) is 25.4. The topological polar surface area (TPSA) is 43.9 Å². The summed E-state index contributed by atoms with van der Waals surface area (Å²) in [4.78, 5) is 11.2. The number of benzene rings is 2. The number of halogens is 2. The molecule has 0 bridgehead atoms. The summed E-state index contributed by atoms with van der Waals surface area (Å²) >= 11 is 1.40. The van der Waals surface area contributed by atoms with Crippen molar-refractivity contribution in [1.82, 2.24) is 9.88 Å². The molecule has 0 unspecified atom stereocenters. The molecular weight excluding hydrogens is 480 g/mol. The molecule has 3 heterocycles. The number of hydrogen-bond donors (Lipinski definition) is 1. The number of piperidine rings is 1. The fourth-order valence-corrected chi connectivity index (χ4v) is 5.78. The summed E-state index contributed by atoms with van der Waals surface area (Å²) in [6.45, 7) is 7.04. The number of ether oxygens (including phenoxy) is 1. The Morgan fingerprint density at radius 3 is 2.53 bits per heavy atom. The molecule has 1 saturated heterocycles. The van der Waals surface area contributed by atoms with Crippen molar-refractivity contribution in [1.29, 1.82) is 0 Å². The van der Waals surface area contributed by atoms with Crippen LogP contribution in [0.4, 0.5) is 31.0 Å². The third-order valence-electron chi connectivity index (χ3n) is 7.07. The minimum absolute atomic E-state index is 0.229. The average molecular weight is 514 g/mol. The van der Waals surface area contributed by atoms with E-state index in [1.807, 2.05) is 23.6 Å². The van der Waals surface area contributed by atoms with E-state index < -0.39 is 0 Å². The number of anilines is 4. The molecule has 0 saturated carbocycles. The zero-order valence-corrected chi connectivity index (χ0v) is 22.0. The highest BCUT2D eigenvalue weighted by Gasteiger charge is 2.25. The van der Waals surface area contributed by atoms with E-state index in [0.717, 1.165) is 31.6 Å². The Morgan fingerprint density at radius 2 is 1.83 bits per heavy atom. The highest BCUT2D eigenvalue weighted by atomic mass is 32.1. The molecule has 0 radical (unpaired) electrons. The zero-order valence-electron chi connectivity index (χ0n) is 21.2. The lowest BCUT2D eigenvalue weighted by Gasteiger charge is -2.36. The number of nitrogens with one attached hydrogen (secondary N) is 1. The monoisotopic (exact) mass is 513 g/mol. The lowest BCUT2D eigenvalue weighted by molar-refractivity contribution is 0.249. The van der Waals surface area contributed by atoms with Crippen molar-refractivity contribution in [3.63, 3.8) is 0 Å². The molecule has 0 atom stereocenters. The first-order chi connectivity index (χ1) is 17.3. The molecule has 36 heavy (non-hydrogen) atoms. The number of hydrogen-bond acceptors (Lipinski definition) is 7. The van der Waals surface area contributed by atoms with Crippen molar-refractivity contribution in [2.45, 2.75) is 38.8 Å². The third kappa shape index (κ3) is 4.99. The highest BCUT2D eigenvalue weighted by molar-refractivity contribution is 7.14. The molecule has 6 nitrogen and oxygen atoms in total. The SMILES string of the molecule is CC(C)N1CCOc2c(F)cc(-c3csc(Nc4ccc(N5CCC(N(C)C)CC5)c(F)c4)n3)cc21. The maximum Gasteiger partial charge on any atom is 0.187 e. The van der Waals surface area contributed by atoms with Crippen molar-refractivity contribution in [2.24, 2.45) is 0 Å². The van der Waals surface area contributed by atoms with Crippen LogP contribution in [0, 0.1) is 11.6 Å². The van der Waals surface area contributed by atoms with Gasteiger partial charge in [0.15, 0.2) is 16.7 Å². The van der Waals surface area contributed by atoms with Gasteiger partial charge in [-0.1, -0.05) is 0 Å². The van der Waals surface area contributed by atoms with Crippen molar-refractivity contribution in [3.8, 4) is 17.0 Å². The van der Waals surface area contributed by atoms with Crippen LogP contribution < -0.4 is 19.9 Å². The van der Waals surface area contributed by atoms with Gasteiger partial charge in [-0.3, -0.25) is 0 Å². The Hall–Kier alpha value is -2.91. The number of rotatable bonds is 6. The minimum Gasteiger partial charge on any atom is -0.486 e. The van der Waals surface area contributed by atoms with Gasteiger partial charge in [-0.05, 0) is 71.1 Å². The fourth-order valence-electron chi connectivity index (χ4n) is 5.04. The number of thiazole rings is 1. The number of aromatic nitrogens is 1. The lowest BCUT2D eigenvalue weighted by Crippen LogP contribution is -2.42. The Balaban J connectivity index is 1.31. The van der Waals surface area contributed by atoms with Gasteiger partial charge in [0.25, 0.3) is 0 Å². The molecule has 2 aliphatic rings. The fraction of sp³-hybridized carbons (Fsp3) is 0.444. The Labute approximate surface area is 215 Å². The maximum atomic E-state index is 15.0. The van der Waals surface area contributed by atoms with Crippen molar-refractivity contribution in [2.75, 3.05) is 55.5 Å². The molecule has 2 aromatic carbocycles. The van der Waals surface area contributed by atoms with Crippen LogP contribution in [-0.4, -0.2) is 62.3 Å². The van der Waals surface area contributed by atoms with Crippen LogP contribution in [0.25, 0.3) is 11.3 Å². The van der Waals surface area contributed by atoms with Gasteiger partial charge < -0.3 is 24.8 Å². The van der Waals surface area contributed by atoms with Crippen LogP contribution in [0.5, 0.6) is 5.75 Å². The number of fused-ring (bicyclic) bond motifs is 1. The molecule has 9 heteroatoms. The van der Waals surface area contributed by atoms with E-state index in [1.165, 1.54) is 23.5 Å². The molecule has 1 fully saturated rings. The first-order valence-corrected chi connectivity index (χ1v) is 13.3. The summed E-state index contributed by atoms with van der Waals surface area (Å²) < 4.78 is 35.5. The Kier molecular flexibility index (Phi) is 7.03. The standard InChI is InChI=1S/C27H33F2N5OS/c1-17(2)34-11-12-35-26-22(29)13-18(14-25(26)34)23-16-36-27(31-23)30-19-5-6-24(21(28)15-19)33-9-7-20(8-10-33)32(3)4/h5-6,13-17,20H,7-12H2,1-4H3,(H,30,31). The summed E-state index contributed by atoms with van der Waals surface area (Å²) in [6.07, 6.45) is 2.05. The molecule has 0 amide bonds. The van der Waals surface area contributed by atoms with Crippen LogP contribution in [0.15, 0.2) is 35.7 Å². The second kappa shape index (κ2) is 10.2. The Bertz CT molecular complexity index is 1220. The summed E-state index contributed by atoms with van der Waals surface area (Å²) in [5, 5.41) is 5.71. The second-order valence-electron chi connectivity index (χ2n) is 9.95. The summed E-state index contributed by atoms with van der Waals surface area (Å²) in [5.41, 5.74) is 3.38. The predicted octanol–water partition coefficient (Wildman–Crippen LogP) is 5.97. The van der Waals surface area contributed by atoms with Crippen LogP contribution in [0.3, 0.4) is 0 Å². The van der Waals surface area contributed by atoms with Crippen LogP contribution in [-0.2, 0) is 0 Å².